The molecule has 1 aromatic rings. The third-order valence-electron chi connectivity index (χ3n) is 3.25. The molecular weight excluding hydrogens is 268 g/mol. The minimum absolute atomic E-state index is 0.0400. The first-order valence-electron chi connectivity index (χ1n) is 7.29. The van der Waals surface area contributed by atoms with E-state index >= 15 is 0 Å². The zero-order chi connectivity index (χ0) is 15.8. The zero-order valence-corrected chi connectivity index (χ0v) is 13.3. The van der Waals surface area contributed by atoms with Crippen LogP contribution in [0, 0.1) is 0 Å². The smallest absolute Gasteiger partial charge is 0.254 e. The van der Waals surface area contributed by atoms with Gasteiger partial charge in [-0.3, -0.25) is 9.59 Å². The van der Waals surface area contributed by atoms with Crippen LogP contribution in [-0.2, 0) is 4.79 Å². The molecule has 0 spiro atoms. The largest absolute Gasteiger partial charge is 0.494 e. The number of carbonyl (C=O) groups excluding carboxylic acids is 2. The fraction of sp³-hybridized carbons (Fsp3) is 0.500. The summed E-state index contributed by atoms with van der Waals surface area (Å²) in [5.74, 6) is 0.524. The van der Waals surface area contributed by atoms with Gasteiger partial charge >= 0.3 is 0 Å². The number of hydrogen-bond donors (Lipinski definition) is 0. The quantitative estimate of drug-likeness (QED) is 0.772. The van der Waals surface area contributed by atoms with Crippen LogP contribution in [0.4, 0.5) is 0 Å². The first-order chi connectivity index (χ1) is 10.0. The van der Waals surface area contributed by atoms with Crippen molar-refractivity contribution in [1.29, 1.82) is 0 Å². The molecule has 0 unspecified atom stereocenters. The Bertz CT molecular complexity index is 467. The number of likely N-dealkylation sites (N-methyl/N-ethyl adjacent to an activating group) is 2. The maximum absolute atomic E-state index is 12.3. The van der Waals surface area contributed by atoms with Crippen LogP contribution in [0.3, 0.4) is 0 Å². The number of carbonyl (C=O) groups is 2. The van der Waals surface area contributed by atoms with Gasteiger partial charge in [0.25, 0.3) is 5.91 Å². The van der Waals surface area contributed by atoms with Crippen LogP contribution < -0.4 is 4.74 Å². The average molecular weight is 292 g/mol. The van der Waals surface area contributed by atoms with E-state index < -0.39 is 0 Å². The molecule has 0 atom stereocenters. The summed E-state index contributed by atoms with van der Waals surface area (Å²) < 4.78 is 5.34. The maximum atomic E-state index is 12.3. The third-order valence-corrected chi connectivity index (χ3v) is 3.25. The van der Waals surface area contributed by atoms with Crippen LogP contribution in [0.5, 0.6) is 5.75 Å². The van der Waals surface area contributed by atoms with Gasteiger partial charge in [0.05, 0.1) is 13.2 Å². The standard InChI is InChI=1S/C16H24N2O3/c1-5-18(6-2)15(19)12-17(4)16(20)13-8-10-14(11-9-13)21-7-3/h8-11H,5-7,12H2,1-4H3. The van der Waals surface area contributed by atoms with Gasteiger partial charge < -0.3 is 14.5 Å². The minimum Gasteiger partial charge on any atom is -0.494 e. The Hall–Kier alpha value is -2.04. The van der Waals surface area contributed by atoms with E-state index in [1.807, 2.05) is 20.8 Å². The summed E-state index contributed by atoms with van der Waals surface area (Å²) in [4.78, 5) is 27.4. The topological polar surface area (TPSA) is 49.9 Å². The molecule has 0 aliphatic carbocycles. The van der Waals surface area contributed by atoms with E-state index in [0.717, 1.165) is 5.75 Å². The van der Waals surface area contributed by atoms with E-state index in [1.54, 1.807) is 36.2 Å². The second kappa shape index (κ2) is 8.29. The minimum atomic E-state index is -0.168. The van der Waals surface area contributed by atoms with E-state index in [-0.39, 0.29) is 18.4 Å². The van der Waals surface area contributed by atoms with Gasteiger partial charge in [-0.25, -0.2) is 0 Å². The number of nitrogens with zero attached hydrogens (tertiary/aromatic N) is 2. The predicted molar refractivity (Wildman–Crippen MR) is 82.5 cm³/mol. The summed E-state index contributed by atoms with van der Waals surface area (Å²) in [5.41, 5.74) is 0.549. The van der Waals surface area contributed by atoms with Crippen molar-refractivity contribution in [1.82, 2.24) is 9.80 Å². The molecule has 0 radical (unpaired) electrons. The lowest BCUT2D eigenvalue weighted by Gasteiger charge is -2.23. The van der Waals surface area contributed by atoms with Gasteiger partial charge in [0.2, 0.25) is 5.91 Å². The SMILES string of the molecule is CCOc1ccc(C(=O)N(C)CC(=O)N(CC)CC)cc1. The highest BCUT2D eigenvalue weighted by molar-refractivity contribution is 5.96. The van der Waals surface area contributed by atoms with Crippen molar-refractivity contribution in [2.75, 3.05) is 33.3 Å². The van der Waals surface area contributed by atoms with E-state index in [1.165, 1.54) is 4.90 Å². The second-order valence-corrected chi connectivity index (χ2v) is 4.68. The van der Waals surface area contributed by atoms with Gasteiger partial charge in [0.15, 0.2) is 0 Å². The molecule has 0 bridgehead atoms. The molecule has 116 valence electrons. The van der Waals surface area contributed by atoms with Crippen molar-refractivity contribution < 1.29 is 14.3 Å². The summed E-state index contributed by atoms with van der Waals surface area (Å²) in [5, 5.41) is 0. The molecule has 0 aromatic heterocycles. The molecule has 0 aliphatic heterocycles. The lowest BCUT2D eigenvalue weighted by Crippen LogP contribution is -2.41. The average Bonchev–Trinajstić information content (AvgIpc) is 2.48. The molecule has 0 saturated carbocycles. The highest BCUT2D eigenvalue weighted by Crippen LogP contribution is 2.13. The molecule has 21 heavy (non-hydrogen) atoms. The second-order valence-electron chi connectivity index (χ2n) is 4.68. The summed E-state index contributed by atoms with van der Waals surface area (Å²) in [6.45, 7) is 7.75. The monoisotopic (exact) mass is 292 g/mol. The van der Waals surface area contributed by atoms with E-state index in [9.17, 15) is 9.59 Å². The van der Waals surface area contributed by atoms with Gasteiger partial charge in [-0.2, -0.15) is 0 Å². The normalized spacial score (nSPS) is 10.1. The van der Waals surface area contributed by atoms with Crippen molar-refractivity contribution in [2.24, 2.45) is 0 Å². The van der Waals surface area contributed by atoms with Gasteiger partial charge in [-0.1, -0.05) is 0 Å². The Morgan fingerprint density at radius 2 is 1.62 bits per heavy atom. The van der Waals surface area contributed by atoms with Crippen molar-refractivity contribution in [3.05, 3.63) is 29.8 Å². The Morgan fingerprint density at radius 3 is 2.10 bits per heavy atom. The van der Waals surface area contributed by atoms with Crippen LogP contribution in [0.15, 0.2) is 24.3 Å². The Morgan fingerprint density at radius 1 is 1.05 bits per heavy atom. The van der Waals surface area contributed by atoms with Gasteiger partial charge in [-0.15, -0.1) is 0 Å². The van der Waals surface area contributed by atoms with E-state index in [4.69, 9.17) is 4.74 Å². The molecule has 0 saturated heterocycles. The molecule has 0 fully saturated rings. The highest BCUT2D eigenvalue weighted by atomic mass is 16.5. The van der Waals surface area contributed by atoms with Gasteiger partial charge in [0, 0.05) is 25.7 Å². The van der Waals surface area contributed by atoms with Crippen LogP contribution in [0.1, 0.15) is 31.1 Å². The third kappa shape index (κ3) is 4.77. The number of amides is 2. The Balaban J connectivity index is 2.67. The van der Waals surface area contributed by atoms with Gasteiger partial charge in [0.1, 0.15) is 5.75 Å². The molecule has 2 amide bonds. The van der Waals surface area contributed by atoms with Crippen molar-refractivity contribution in [3.8, 4) is 5.75 Å². The molecular formula is C16H24N2O3. The number of benzene rings is 1. The van der Waals surface area contributed by atoms with Crippen LogP contribution in [0.25, 0.3) is 0 Å². The fourth-order valence-electron chi connectivity index (χ4n) is 2.03. The highest BCUT2D eigenvalue weighted by Gasteiger charge is 2.17. The van der Waals surface area contributed by atoms with Crippen molar-refractivity contribution in [2.45, 2.75) is 20.8 Å². The number of rotatable bonds is 7. The zero-order valence-electron chi connectivity index (χ0n) is 13.3. The first-order valence-corrected chi connectivity index (χ1v) is 7.29. The molecule has 0 aliphatic rings. The summed E-state index contributed by atoms with van der Waals surface area (Å²) in [6.07, 6.45) is 0. The molecule has 5 nitrogen and oxygen atoms in total. The lowest BCUT2D eigenvalue weighted by molar-refractivity contribution is -0.131. The van der Waals surface area contributed by atoms with E-state index in [2.05, 4.69) is 0 Å². The van der Waals surface area contributed by atoms with Crippen LogP contribution in [-0.4, -0.2) is 54.9 Å². The molecule has 5 heteroatoms. The summed E-state index contributed by atoms with van der Waals surface area (Å²) >= 11 is 0. The predicted octanol–water partition coefficient (Wildman–Crippen LogP) is 2.03. The maximum Gasteiger partial charge on any atom is 0.254 e. The summed E-state index contributed by atoms with van der Waals surface area (Å²) in [7, 11) is 1.64. The summed E-state index contributed by atoms with van der Waals surface area (Å²) in [6, 6.07) is 6.95. The first kappa shape index (κ1) is 17.0. The Labute approximate surface area is 126 Å². The molecule has 1 rings (SSSR count). The fourth-order valence-corrected chi connectivity index (χ4v) is 2.03. The van der Waals surface area contributed by atoms with Crippen LogP contribution >= 0.6 is 0 Å². The van der Waals surface area contributed by atoms with Crippen LogP contribution in [0.2, 0.25) is 0 Å². The number of ether oxygens (including phenoxy) is 1. The number of hydrogen-bond acceptors (Lipinski definition) is 3. The van der Waals surface area contributed by atoms with Gasteiger partial charge in [-0.05, 0) is 45.0 Å². The van der Waals surface area contributed by atoms with E-state index in [0.29, 0.717) is 25.3 Å². The van der Waals surface area contributed by atoms with Crippen molar-refractivity contribution in [3.63, 3.8) is 0 Å². The van der Waals surface area contributed by atoms with Crippen molar-refractivity contribution >= 4 is 11.8 Å². The molecule has 0 heterocycles. The Kier molecular flexibility index (Phi) is 6.72. The lowest BCUT2D eigenvalue weighted by atomic mass is 10.2. The molecule has 0 N–H and O–H groups in total. The molecule has 1 aromatic carbocycles.